The van der Waals surface area contributed by atoms with Gasteiger partial charge in [0.05, 0.1) is 31.0 Å². The topological polar surface area (TPSA) is 71.5 Å². The lowest BCUT2D eigenvalue weighted by molar-refractivity contribution is 0.0599. The van der Waals surface area contributed by atoms with Crippen molar-refractivity contribution in [3.05, 3.63) is 59.3 Å². The van der Waals surface area contributed by atoms with Crippen LogP contribution in [0.25, 0.3) is 0 Å². The number of nitrogens with zero attached hydrogens (tertiary/aromatic N) is 1. The van der Waals surface area contributed by atoms with Crippen molar-refractivity contribution in [3.63, 3.8) is 0 Å². The van der Waals surface area contributed by atoms with E-state index in [4.69, 9.17) is 0 Å². The molecule has 5 heteroatoms. The highest BCUT2D eigenvalue weighted by Crippen LogP contribution is 2.19. The Labute approximate surface area is 123 Å². The van der Waals surface area contributed by atoms with Gasteiger partial charge < -0.3 is 15.2 Å². The third-order valence-corrected chi connectivity index (χ3v) is 3.20. The summed E-state index contributed by atoms with van der Waals surface area (Å²) in [5, 5.41) is 12.7. The van der Waals surface area contributed by atoms with Gasteiger partial charge in [-0.25, -0.2) is 9.78 Å². The van der Waals surface area contributed by atoms with Gasteiger partial charge in [0.15, 0.2) is 0 Å². The van der Waals surface area contributed by atoms with Crippen molar-refractivity contribution in [3.8, 4) is 0 Å². The number of benzene rings is 1. The zero-order valence-corrected chi connectivity index (χ0v) is 12.0. The van der Waals surface area contributed by atoms with Gasteiger partial charge in [-0.2, -0.15) is 0 Å². The van der Waals surface area contributed by atoms with Crippen molar-refractivity contribution >= 4 is 11.8 Å². The number of esters is 1. The number of aromatic nitrogens is 1. The van der Waals surface area contributed by atoms with E-state index in [-0.39, 0.29) is 12.6 Å². The minimum absolute atomic E-state index is 0.0521. The Balaban J connectivity index is 2.19. The molecule has 0 aliphatic carbocycles. The van der Waals surface area contributed by atoms with Crippen LogP contribution in [0.4, 0.5) is 5.82 Å². The average molecular weight is 286 g/mol. The standard InChI is InChI=1S/C16H18N2O3/c1-11-13(16(20)21-2)8-9-15(17-11)18-14(10-19)12-6-4-3-5-7-12/h3-9,14,19H,10H2,1-2H3,(H,17,18). The van der Waals surface area contributed by atoms with Gasteiger partial charge in [-0.05, 0) is 24.6 Å². The summed E-state index contributed by atoms with van der Waals surface area (Å²) in [5.74, 6) is 0.191. The number of rotatable bonds is 5. The molecule has 2 rings (SSSR count). The van der Waals surface area contributed by atoms with E-state index in [9.17, 15) is 9.90 Å². The summed E-state index contributed by atoms with van der Waals surface area (Å²) in [4.78, 5) is 15.9. The van der Waals surface area contributed by atoms with Crippen LogP contribution in [0.3, 0.4) is 0 Å². The molecule has 0 amide bonds. The summed E-state index contributed by atoms with van der Waals surface area (Å²) >= 11 is 0. The first-order chi connectivity index (χ1) is 10.2. The molecule has 0 aliphatic heterocycles. The van der Waals surface area contributed by atoms with Crippen LogP contribution in [0.5, 0.6) is 0 Å². The molecule has 0 fully saturated rings. The first kappa shape index (κ1) is 15.0. The average Bonchev–Trinajstić information content (AvgIpc) is 2.53. The number of hydrogen-bond donors (Lipinski definition) is 2. The summed E-state index contributed by atoms with van der Waals surface area (Å²) < 4.78 is 4.69. The number of aliphatic hydroxyl groups excluding tert-OH is 1. The monoisotopic (exact) mass is 286 g/mol. The molecule has 110 valence electrons. The normalized spacial score (nSPS) is 11.8. The molecule has 0 spiro atoms. The maximum Gasteiger partial charge on any atom is 0.339 e. The van der Waals surface area contributed by atoms with Crippen molar-refractivity contribution in [1.82, 2.24) is 4.98 Å². The van der Waals surface area contributed by atoms with E-state index in [1.165, 1.54) is 7.11 Å². The van der Waals surface area contributed by atoms with Crippen molar-refractivity contribution in [2.24, 2.45) is 0 Å². The second kappa shape index (κ2) is 6.85. The number of anilines is 1. The highest BCUT2D eigenvalue weighted by atomic mass is 16.5. The van der Waals surface area contributed by atoms with Crippen molar-refractivity contribution in [2.75, 3.05) is 19.0 Å². The molecule has 0 aliphatic rings. The molecule has 0 saturated carbocycles. The number of carbonyl (C=O) groups is 1. The van der Waals surface area contributed by atoms with Gasteiger partial charge in [-0.3, -0.25) is 0 Å². The quantitative estimate of drug-likeness (QED) is 0.825. The Morgan fingerprint density at radius 1 is 1.29 bits per heavy atom. The summed E-state index contributed by atoms with van der Waals surface area (Å²) in [6, 6.07) is 12.7. The van der Waals surface area contributed by atoms with Gasteiger partial charge in [-0.1, -0.05) is 30.3 Å². The molecule has 1 aromatic heterocycles. The van der Waals surface area contributed by atoms with Crippen LogP contribution >= 0.6 is 0 Å². The predicted molar refractivity (Wildman–Crippen MR) is 80.2 cm³/mol. The lowest BCUT2D eigenvalue weighted by atomic mass is 10.1. The molecule has 1 heterocycles. The van der Waals surface area contributed by atoms with Crippen molar-refractivity contribution in [1.29, 1.82) is 0 Å². The van der Waals surface area contributed by atoms with E-state index < -0.39 is 5.97 Å². The highest BCUT2D eigenvalue weighted by molar-refractivity contribution is 5.90. The number of aliphatic hydroxyl groups is 1. The van der Waals surface area contributed by atoms with E-state index in [1.807, 2.05) is 30.3 Å². The fourth-order valence-corrected chi connectivity index (χ4v) is 2.07. The summed E-state index contributed by atoms with van der Waals surface area (Å²) in [7, 11) is 1.34. The zero-order valence-electron chi connectivity index (χ0n) is 12.0. The molecule has 0 saturated heterocycles. The summed E-state index contributed by atoms with van der Waals surface area (Å²) in [6.45, 7) is 1.69. The molecule has 1 unspecified atom stereocenters. The number of methoxy groups -OCH3 is 1. The number of aryl methyl sites for hydroxylation is 1. The Bertz CT molecular complexity index is 614. The van der Waals surface area contributed by atoms with Gasteiger partial charge in [0.2, 0.25) is 0 Å². The van der Waals surface area contributed by atoms with Crippen molar-refractivity contribution < 1.29 is 14.6 Å². The minimum Gasteiger partial charge on any atom is -0.465 e. The second-order valence-corrected chi connectivity index (χ2v) is 4.61. The molecule has 0 radical (unpaired) electrons. The molecule has 0 bridgehead atoms. The van der Waals surface area contributed by atoms with E-state index in [1.54, 1.807) is 19.1 Å². The summed E-state index contributed by atoms with van der Waals surface area (Å²) in [5.41, 5.74) is 1.98. The third kappa shape index (κ3) is 3.58. The van der Waals surface area contributed by atoms with E-state index in [0.29, 0.717) is 17.1 Å². The van der Waals surface area contributed by atoms with Crippen molar-refractivity contribution in [2.45, 2.75) is 13.0 Å². The third-order valence-electron chi connectivity index (χ3n) is 3.20. The maximum absolute atomic E-state index is 11.5. The number of ether oxygens (including phenoxy) is 1. The number of hydrogen-bond acceptors (Lipinski definition) is 5. The first-order valence-electron chi connectivity index (χ1n) is 6.64. The van der Waals surface area contributed by atoms with E-state index in [2.05, 4.69) is 15.0 Å². The molecule has 5 nitrogen and oxygen atoms in total. The molecule has 1 atom stereocenters. The molecular weight excluding hydrogens is 268 g/mol. The molecule has 2 aromatic rings. The number of nitrogens with one attached hydrogen (secondary N) is 1. The first-order valence-corrected chi connectivity index (χ1v) is 6.64. The van der Waals surface area contributed by atoms with Gasteiger partial charge in [0, 0.05) is 0 Å². The van der Waals surface area contributed by atoms with E-state index >= 15 is 0 Å². The molecule has 2 N–H and O–H groups in total. The molecule has 1 aromatic carbocycles. The Hall–Kier alpha value is -2.40. The van der Waals surface area contributed by atoms with Crippen LogP contribution in [0, 0.1) is 6.92 Å². The SMILES string of the molecule is COC(=O)c1ccc(NC(CO)c2ccccc2)nc1C. The van der Waals surface area contributed by atoms with Crippen LogP contribution in [-0.2, 0) is 4.74 Å². The van der Waals surface area contributed by atoms with Crippen LogP contribution in [0.15, 0.2) is 42.5 Å². The van der Waals surface area contributed by atoms with Gasteiger partial charge >= 0.3 is 5.97 Å². The van der Waals surface area contributed by atoms with Gasteiger partial charge in [-0.15, -0.1) is 0 Å². The number of pyridine rings is 1. The van der Waals surface area contributed by atoms with Crippen LogP contribution in [-0.4, -0.2) is 29.8 Å². The number of carbonyl (C=O) groups excluding carboxylic acids is 1. The van der Waals surface area contributed by atoms with Crippen LogP contribution in [0.2, 0.25) is 0 Å². The zero-order chi connectivity index (χ0) is 15.2. The van der Waals surface area contributed by atoms with Crippen LogP contribution in [0.1, 0.15) is 27.7 Å². The Morgan fingerprint density at radius 3 is 2.57 bits per heavy atom. The highest BCUT2D eigenvalue weighted by Gasteiger charge is 2.13. The summed E-state index contributed by atoms with van der Waals surface area (Å²) in [6.07, 6.45) is 0. The molecular formula is C16H18N2O3. The second-order valence-electron chi connectivity index (χ2n) is 4.61. The lowest BCUT2D eigenvalue weighted by Gasteiger charge is -2.18. The van der Waals surface area contributed by atoms with Gasteiger partial charge in [0.25, 0.3) is 0 Å². The fourth-order valence-electron chi connectivity index (χ4n) is 2.07. The van der Waals surface area contributed by atoms with Gasteiger partial charge in [0.1, 0.15) is 5.82 Å². The maximum atomic E-state index is 11.5. The van der Waals surface area contributed by atoms with Crippen LogP contribution < -0.4 is 5.32 Å². The van der Waals surface area contributed by atoms with E-state index in [0.717, 1.165) is 5.56 Å². The largest absolute Gasteiger partial charge is 0.465 e. The minimum atomic E-state index is -0.409. The molecule has 21 heavy (non-hydrogen) atoms. The lowest BCUT2D eigenvalue weighted by Crippen LogP contribution is -2.16. The Morgan fingerprint density at radius 2 is 2.00 bits per heavy atom. The fraction of sp³-hybridized carbons (Fsp3) is 0.250. The Kier molecular flexibility index (Phi) is 4.90. The smallest absolute Gasteiger partial charge is 0.339 e. The predicted octanol–water partition coefficient (Wildman–Crippen LogP) is 2.32.